The summed E-state index contributed by atoms with van der Waals surface area (Å²) < 4.78 is 0. The minimum atomic E-state index is 0.0646. The van der Waals surface area contributed by atoms with Gasteiger partial charge in [-0.25, -0.2) is 0 Å². The minimum Gasteiger partial charge on any atom is -0.508 e. The second-order valence-corrected chi connectivity index (χ2v) is 5.55. The molecular formula is C20H14O3. The van der Waals surface area contributed by atoms with E-state index in [1.54, 1.807) is 36.4 Å². The number of phenols is 3. The van der Waals surface area contributed by atoms with Crippen LogP contribution >= 0.6 is 0 Å². The zero-order chi connectivity index (χ0) is 16.0. The Balaban J connectivity index is 2.21. The van der Waals surface area contributed by atoms with Crippen molar-refractivity contribution in [2.75, 3.05) is 0 Å². The Kier molecular flexibility index (Phi) is 2.88. The van der Waals surface area contributed by atoms with Gasteiger partial charge in [-0.3, -0.25) is 0 Å². The van der Waals surface area contributed by atoms with E-state index in [0.717, 1.165) is 16.2 Å². The van der Waals surface area contributed by atoms with Crippen LogP contribution < -0.4 is 0 Å². The van der Waals surface area contributed by atoms with E-state index >= 15 is 0 Å². The summed E-state index contributed by atoms with van der Waals surface area (Å²) in [5.41, 5.74) is 1.09. The standard InChI is InChI=1S/C20H14O3/c21-14-8-5-13-7-10-18(23)20(16(13)11-14)19-15-4-2-1-3-12(15)6-9-17(19)22/h1-11,21-23H. The van der Waals surface area contributed by atoms with Crippen molar-refractivity contribution in [1.29, 1.82) is 0 Å². The van der Waals surface area contributed by atoms with Gasteiger partial charge in [0.2, 0.25) is 0 Å². The highest BCUT2D eigenvalue weighted by Crippen LogP contribution is 2.44. The molecule has 0 saturated carbocycles. The molecule has 0 aliphatic rings. The fraction of sp³-hybridized carbons (Fsp3) is 0. The van der Waals surface area contributed by atoms with Crippen LogP contribution in [0.15, 0.2) is 66.7 Å². The highest BCUT2D eigenvalue weighted by Gasteiger charge is 2.16. The lowest BCUT2D eigenvalue weighted by molar-refractivity contribution is 0.470. The number of hydrogen-bond acceptors (Lipinski definition) is 3. The molecule has 0 spiro atoms. The highest BCUT2D eigenvalue weighted by molar-refractivity contribution is 6.09. The Morgan fingerprint density at radius 2 is 1.09 bits per heavy atom. The van der Waals surface area contributed by atoms with Crippen LogP contribution in [0, 0.1) is 0 Å². The lowest BCUT2D eigenvalue weighted by Gasteiger charge is -2.14. The third-order valence-electron chi connectivity index (χ3n) is 4.14. The Labute approximate surface area is 132 Å². The smallest absolute Gasteiger partial charge is 0.124 e. The molecule has 3 heteroatoms. The predicted octanol–water partition coefficient (Wildman–Crippen LogP) is 4.78. The molecule has 0 aromatic heterocycles. The number of hydrogen-bond donors (Lipinski definition) is 3. The van der Waals surface area contributed by atoms with Gasteiger partial charge < -0.3 is 15.3 Å². The molecule has 4 rings (SSSR count). The van der Waals surface area contributed by atoms with Crippen molar-refractivity contribution in [2.24, 2.45) is 0 Å². The number of benzene rings is 4. The fourth-order valence-electron chi connectivity index (χ4n) is 3.08. The summed E-state index contributed by atoms with van der Waals surface area (Å²) in [6.45, 7) is 0. The normalized spacial score (nSPS) is 11.1. The van der Waals surface area contributed by atoms with E-state index in [0.29, 0.717) is 16.5 Å². The zero-order valence-corrected chi connectivity index (χ0v) is 12.2. The molecule has 0 fully saturated rings. The summed E-state index contributed by atoms with van der Waals surface area (Å²) >= 11 is 0. The molecule has 4 aromatic rings. The number of rotatable bonds is 1. The van der Waals surface area contributed by atoms with Crippen molar-refractivity contribution >= 4 is 21.5 Å². The Morgan fingerprint density at radius 3 is 1.83 bits per heavy atom. The monoisotopic (exact) mass is 302 g/mol. The van der Waals surface area contributed by atoms with E-state index in [9.17, 15) is 15.3 Å². The van der Waals surface area contributed by atoms with E-state index in [2.05, 4.69) is 0 Å². The largest absolute Gasteiger partial charge is 0.508 e. The van der Waals surface area contributed by atoms with Crippen LogP contribution in [0.5, 0.6) is 17.2 Å². The Bertz CT molecular complexity index is 1050. The third kappa shape index (κ3) is 2.06. The lowest BCUT2D eigenvalue weighted by Crippen LogP contribution is -1.87. The summed E-state index contributed by atoms with van der Waals surface area (Å²) in [5.74, 6) is 0.272. The van der Waals surface area contributed by atoms with Crippen molar-refractivity contribution in [1.82, 2.24) is 0 Å². The quantitative estimate of drug-likeness (QED) is 0.474. The van der Waals surface area contributed by atoms with Crippen molar-refractivity contribution in [3.63, 3.8) is 0 Å². The summed E-state index contributed by atoms with van der Waals surface area (Å²) in [5, 5.41) is 34.1. The number of aromatic hydroxyl groups is 3. The second-order valence-electron chi connectivity index (χ2n) is 5.55. The van der Waals surface area contributed by atoms with Crippen LogP contribution in [0.1, 0.15) is 0 Å². The summed E-state index contributed by atoms with van der Waals surface area (Å²) in [6, 6.07) is 19.5. The molecule has 112 valence electrons. The van der Waals surface area contributed by atoms with Crippen LogP contribution in [-0.2, 0) is 0 Å². The fourth-order valence-corrected chi connectivity index (χ4v) is 3.08. The molecule has 0 amide bonds. The molecule has 0 bridgehead atoms. The zero-order valence-electron chi connectivity index (χ0n) is 12.2. The maximum Gasteiger partial charge on any atom is 0.124 e. The highest BCUT2D eigenvalue weighted by atomic mass is 16.3. The van der Waals surface area contributed by atoms with Crippen LogP contribution in [0.3, 0.4) is 0 Å². The first kappa shape index (κ1) is 13.5. The van der Waals surface area contributed by atoms with Crippen LogP contribution in [0.25, 0.3) is 32.7 Å². The van der Waals surface area contributed by atoms with Gasteiger partial charge in [0, 0.05) is 11.1 Å². The summed E-state index contributed by atoms with van der Waals surface area (Å²) in [4.78, 5) is 0. The van der Waals surface area contributed by atoms with Gasteiger partial charge in [-0.15, -0.1) is 0 Å². The van der Waals surface area contributed by atoms with Gasteiger partial charge >= 0.3 is 0 Å². The molecule has 0 aliphatic heterocycles. The molecule has 0 radical (unpaired) electrons. The average Bonchev–Trinajstić information content (AvgIpc) is 2.56. The molecule has 0 aliphatic carbocycles. The Hall–Kier alpha value is -3.20. The van der Waals surface area contributed by atoms with E-state index in [-0.39, 0.29) is 17.2 Å². The molecule has 3 N–H and O–H groups in total. The molecule has 0 atom stereocenters. The maximum atomic E-state index is 10.4. The molecule has 0 heterocycles. The van der Waals surface area contributed by atoms with Crippen LogP contribution in [0.2, 0.25) is 0 Å². The van der Waals surface area contributed by atoms with E-state index in [1.807, 2.05) is 30.3 Å². The molecule has 23 heavy (non-hydrogen) atoms. The summed E-state index contributed by atoms with van der Waals surface area (Å²) in [6.07, 6.45) is 0. The van der Waals surface area contributed by atoms with E-state index in [1.165, 1.54) is 0 Å². The molecule has 0 unspecified atom stereocenters. The molecule has 4 aromatic carbocycles. The van der Waals surface area contributed by atoms with Gasteiger partial charge in [-0.05, 0) is 45.8 Å². The van der Waals surface area contributed by atoms with E-state index < -0.39 is 0 Å². The van der Waals surface area contributed by atoms with Gasteiger partial charge in [0.15, 0.2) is 0 Å². The Morgan fingerprint density at radius 1 is 0.522 bits per heavy atom. The van der Waals surface area contributed by atoms with Crippen molar-refractivity contribution in [2.45, 2.75) is 0 Å². The molecule has 3 nitrogen and oxygen atoms in total. The maximum absolute atomic E-state index is 10.4. The van der Waals surface area contributed by atoms with Crippen molar-refractivity contribution < 1.29 is 15.3 Å². The number of fused-ring (bicyclic) bond motifs is 2. The number of phenolic OH excluding ortho intramolecular Hbond substituents is 3. The van der Waals surface area contributed by atoms with Gasteiger partial charge in [0.25, 0.3) is 0 Å². The van der Waals surface area contributed by atoms with Gasteiger partial charge in [0.1, 0.15) is 17.2 Å². The first-order chi connectivity index (χ1) is 11.1. The second kappa shape index (κ2) is 4.92. The van der Waals surface area contributed by atoms with Crippen molar-refractivity contribution in [3.8, 4) is 28.4 Å². The van der Waals surface area contributed by atoms with Gasteiger partial charge in [-0.1, -0.05) is 42.5 Å². The van der Waals surface area contributed by atoms with E-state index in [4.69, 9.17) is 0 Å². The minimum absolute atomic E-state index is 0.0646. The van der Waals surface area contributed by atoms with Crippen LogP contribution in [0.4, 0.5) is 0 Å². The lowest BCUT2D eigenvalue weighted by atomic mass is 9.92. The topological polar surface area (TPSA) is 60.7 Å². The van der Waals surface area contributed by atoms with Gasteiger partial charge in [-0.2, -0.15) is 0 Å². The first-order valence-electron chi connectivity index (χ1n) is 7.31. The molecule has 0 saturated heterocycles. The predicted molar refractivity (Wildman–Crippen MR) is 91.9 cm³/mol. The average molecular weight is 302 g/mol. The third-order valence-corrected chi connectivity index (χ3v) is 4.14. The van der Waals surface area contributed by atoms with Crippen LogP contribution in [-0.4, -0.2) is 15.3 Å². The van der Waals surface area contributed by atoms with Gasteiger partial charge in [0.05, 0.1) is 0 Å². The molecular weight excluding hydrogens is 288 g/mol. The van der Waals surface area contributed by atoms with Crippen molar-refractivity contribution in [3.05, 3.63) is 66.7 Å². The summed E-state index contributed by atoms with van der Waals surface area (Å²) in [7, 11) is 0. The SMILES string of the molecule is Oc1ccc2ccc(O)c(-c3c(O)ccc4ccccc34)c2c1. The first-order valence-corrected chi connectivity index (χ1v) is 7.31.